The van der Waals surface area contributed by atoms with Gasteiger partial charge in [0.1, 0.15) is 5.82 Å². The van der Waals surface area contributed by atoms with Gasteiger partial charge in [0.2, 0.25) is 0 Å². The van der Waals surface area contributed by atoms with E-state index >= 15 is 0 Å². The lowest BCUT2D eigenvalue weighted by molar-refractivity contribution is 0.533. The van der Waals surface area contributed by atoms with E-state index in [2.05, 4.69) is 26.2 Å². The van der Waals surface area contributed by atoms with Gasteiger partial charge in [-0.2, -0.15) is 0 Å². The average Bonchev–Trinajstić information content (AvgIpc) is 2.39. The minimum Gasteiger partial charge on any atom is -0.313 e. The Kier molecular flexibility index (Phi) is 4.91. The summed E-state index contributed by atoms with van der Waals surface area (Å²) in [5.74, 6) is -0.258. The summed E-state index contributed by atoms with van der Waals surface area (Å²) in [6.07, 6.45) is 4.13. The molecule has 1 N–H and O–H groups in total. The van der Waals surface area contributed by atoms with Crippen molar-refractivity contribution in [1.29, 1.82) is 0 Å². The maximum absolute atomic E-state index is 13.9. The summed E-state index contributed by atoms with van der Waals surface area (Å²) >= 11 is 9.31. The van der Waals surface area contributed by atoms with Crippen LogP contribution in [0.4, 0.5) is 4.39 Å². The number of halogens is 3. The lowest BCUT2D eigenvalue weighted by Gasteiger charge is -2.17. The van der Waals surface area contributed by atoms with Crippen molar-refractivity contribution in [3.8, 4) is 0 Å². The van der Waals surface area contributed by atoms with Gasteiger partial charge in [-0.1, -0.05) is 11.6 Å². The van der Waals surface area contributed by atoms with Crippen molar-refractivity contribution in [2.75, 3.05) is 7.05 Å². The van der Waals surface area contributed by atoms with Gasteiger partial charge in [0.05, 0.1) is 0 Å². The van der Waals surface area contributed by atoms with E-state index in [0.717, 1.165) is 10.0 Å². The van der Waals surface area contributed by atoms with Gasteiger partial charge in [0.25, 0.3) is 0 Å². The van der Waals surface area contributed by atoms with Crippen LogP contribution in [-0.2, 0) is 6.42 Å². The van der Waals surface area contributed by atoms with Gasteiger partial charge >= 0.3 is 0 Å². The largest absolute Gasteiger partial charge is 0.313 e. The quantitative estimate of drug-likeness (QED) is 0.902. The second-order valence-corrected chi connectivity index (χ2v) is 5.57. The maximum Gasteiger partial charge on any atom is 0.128 e. The summed E-state index contributed by atoms with van der Waals surface area (Å²) in [5.41, 5.74) is 1.59. The molecule has 0 fully saturated rings. The zero-order valence-corrected chi connectivity index (χ0v) is 12.7. The lowest BCUT2D eigenvalue weighted by Crippen LogP contribution is -2.20. The Morgan fingerprint density at radius 2 is 2.16 bits per heavy atom. The number of nitrogens with one attached hydrogen (secondary N) is 1. The van der Waals surface area contributed by atoms with Crippen LogP contribution in [0.15, 0.2) is 41.1 Å². The molecule has 0 saturated carbocycles. The van der Waals surface area contributed by atoms with Crippen LogP contribution in [0, 0.1) is 5.82 Å². The molecule has 0 aliphatic rings. The first-order valence-corrected chi connectivity index (χ1v) is 6.99. The third-order valence-corrected chi connectivity index (χ3v) is 3.55. The number of pyridine rings is 1. The highest BCUT2D eigenvalue weighted by Crippen LogP contribution is 2.24. The minimum atomic E-state index is -0.258. The summed E-state index contributed by atoms with van der Waals surface area (Å²) in [6, 6.07) is 6.42. The molecule has 2 aromatic rings. The van der Waals surface area contributed by atoms with E-state index in [-0.39, 0.29) is 11.9 Å². The molecule has 1 aromatic carbocycles. The molecule has 1 unspecified atom stereocenters. The summed E-state index contributed by atoms with van der Waals surface area (Å²) in [7, 11) is 1.80. The molecule has 0 radical (unpaired) electrons. The van der Waals surface area contributed by atoms with E-state index in [9.17, 15) is 4.39 Å². The van der Waals surface area contributed by atoms with Gasteiger partial charge in [-0.15, -0.1) is 0 Å². The van der Waals surface area contributed by atoms with E-state index < -0.39 is 0 Å². The number of hydrogen-bond acceptors (Lipinski definition) is 2. The first-order valence-electron chi connectivity index (χ1n) is 5.82. The van der Waals surface area contributed by atoms with Crippen molar-refractivity contribution in [1.82, 2.24) is 10.3 Å². The summed E-state index contributed by atoms with van der Waals surface area (Å²) < 4.78 is 14.8. The number of likely N-dealkylation sites (N-methyl/N-ethyl adjacent to an activating group) is 1. The molecular formula is C14H13BrClFN2. The second kappa shape index (κ2) is 6.46. The molecule has 19 heavy (non-hydrogen) atoms. The number of benzene rings is 1. The summed E-state index contributed by atoms with van der Waals surface area (Å²) in [4.78, 5) is 4.11. The second-order valence-electron chi connectivity index (χ2n) is 4.22. The molecule has 2 nitrogen and oxygen atoms in total. The molecule has 1 atom stereocenters. The fourth-order valence-corrected chi connectivity index (χ4v) is 2.55. The highest BCUT2D eigenvalue weighted by atomic mass is 79.9. The minimum absolute atomic E-state index is 0.144. The summed E-state index contributed by atoms with van der Waals surface area (Å²) in [6.45, 7) is 0. The zero-order valence-electron chi connectivity index (χ0n) is 10.3. The third kappa shape index (κ3) is 3.75. The van der Waals surface area contributed by atoms with Crippen molar-refractivity contribution < 1.29 is 4.39 Å². The van der Waals surface area contributed by atoms with Crippen molar-refractivity contribution in [3.05, 3.63) is 63.1 Å². The predicted molar refractivity (Wildman–Crippen MR) is 78.9 cm³/mol. The van der Waals surface area contributed by atoms with Crippen LogP contribution < -0.4 is 5.32 Å². The number of nitrogens with zero attached hydrogens (tertiary/aromatic N) is 1. The first-order chi connectivity index (χ1) is 9.10. The molecule has 0 bridgehead atoms. The topological polar surface area (TPSA) is 24.9 Å². The Bertz CT molecular complexity index is 577. The van der Waals surface area contributed by atoms with E-state index in [4.69, 9.17) is 11.6 Å². The molecule has 1 aromatic heterocycles. The SMILES string of the molecule is CNC(Cc1cncc(Br)c1)c1cc(Cl)ccc1F. The van der Waals surface area contributed by atoms with Gasteiger partial charge in [0.15, 0.2) is 0 Å². The molecule has 2 rings (SSSR count). The van der Waals surface area contributed by atoms with E-state index in [0.29, 0.717) is 17.0 Å². The molecule has 100 valence electrons. The Morgan fingerprint density at radius 3 is 2.84 bits per heavy atom. The first kappa shape index (κ1) is 14.4. The van der Waals surface area contributed by atoms with Crippen molar-refractivity contribution >= 4 is 27.5 Å². The van der Waals surface area contributed by atoms with E-state index in [1.54, 1.807) is 31.6 Å². The monoisotopic (exact) mass is 342 g/mol. The fraction of sp³-hybridized carbons (Fsp3) is 0.214. The normalized spacial score (nSPS) is 12.4. The van der Waals surface area contributed by atoms with Crippen LogP contribution in [0.2, 0.25) is 5.02 Å². The Balaban J connectivity index is 2.27. The molecular weight excluding hydrogens is 331 g/mol. The van der Waals surface area contributed by atoms with Crippen LogP contribution in [0.1, 0.15) is 17.2 Å². The summed E-state index contributed by atoms with van der Waals surface area (Å²) in [5, 5.41) is 3.64. The van der Waals surface area contributed by atoms with Crippen LogP contribution >= 0.6 is 27.5 Å². The number of aromatic nitrogens is 1. The van der Waals surface area contributed by atoms with Crippen LogP contribution in [0.3, 0.4) is 0 Å². The molecule has 0 spiro atoms. The molecule has 0 amide bonds. The van der Waals surface area contributed by atoms with Gasteiger partial charge < -0.3 is 5.32 Å². The molecule has 0 saturated heterocycles. The standard InChI is InChI=1S/C14H13BrClFN2/c1-18-14(5-9-4-10(15)8-19-7-9)12-6-11(16)2-3-13(12)17/h2-4,6-8,14,18H,5H2,1H3. The third-order valence-electron chi connectivity index (χ3n) is 2.88. The maximum atomic E-state index is 13.9. The van der Waals surface area contributed by atoms with Gasteiger partial charge in [-0.05, 0) is 59.2 Å². The van der Waals surface area contributed by atoms with Crippen molar-refractivity contribution in [2.45, 2.75) is 12.5 Å². The fourth-order valence-electron chi connectivity index (χ4n) is 1.95. The zero-order chi connectivity index (χ0) is 13.8. The molecule has 0 aliphatic carbocycles. The lowest BCUT2D eigenvalue weighted by atomic mass is 9.99. The van der Waals surface area contributed by atoms with Crippen LogP contribution in [0.5, 0.6) is 0 Å². The smallest absolute Gasteiger partial charge is 0.128 e. The van der Waals surface area contributed by atoms with Crippen LogP contribution in [-0.4, -0.2) is 12.0 Å². The number of rotatable bonds is 4. The van der Waals surface area contributed by atoms with Crippen LogP contribution in [0.25, 0.3) is 0 Å². The van der Waals surface area contributed by atoms with E-state index in [1.807, 2.05) is 6.07 Å². The van der Waals surface area contributed by atoms with Crippen molar-refractivity contribution in [3.63, 3.8) is 0 Å². The molecule has 5 heteroatoms. The van der Waals surface area contributed by atoms with Gasteiger partial charge in [-0.3, -0.25) is 4.98 Å². The Labute approximate surface area is 125 Å². The van der Waals surface area contributed by atoms with Gasteiger partial charge in [-0.25, -0.2) is 4.39 Å². The highest BCUT2D eigenvalue weighted by Gasteiger charge is 2.15. The Hall–Kier alpha value is -0.970. The highest BCUT2D eigenvalue weighted by molar-refractivity contribution is 9.10. The van der Waals surface area contributed by atoms with E-state index in [1.165, 1.54) is 6.07 Å². The average molecular weight is 344 g/mol. The number of hydrogen-bond donors (Lipinski definition) is 1. The van der Waals surface area contributed by atoms with Crippen molar-refractivity contribution in [2.24, 2.45) is 0 Å². The predicted octanol–water partition coefficient (Wildman–Crippen LogP) is 4.14. The molecule has 1 heterocycles. The van der Waals surface area contributed by atoms with Gasteiger partial charge in [0, 0.05) is 33.5 Å². The Morgan fingerprint density at radius 1 is 1.37 bits per heavy atom. The molecule has 0 aliphatic heterocycles.